The minimum absolute atomic E-state index is 0.478. The van der Waals surface area contributed by atoms with Crippen LogP contribution < -0.4 is 0 Å². The van der Waals surface area contributed by atoms with Gasteiger partial charge in [0.15, 0.2) is 0 Å². The molecule has 18 heavy (non-hydrogen) atoms. The lowest BCUT2D eigenvalue weighted by atomic mass is 9.94. The zero-order valence-corrected chi connectivity index (χ0v) is 10.1. The van der Waals surface area contributed by atoms with Gasteiger partial charge in [0.05, 0.1) is 12.1 Å². The summed E-state index contributed by atoms with van der Waals surface area (Å²) < 4.78 is 37.8. The molecule has 0 fully saturated rings. The van der Waals surface area contributed by atoms with E-state index in [9.17, 15) is 13.2 Å². The fraction of sp³-hybridized carbons (Fsp3) is 0.500. The fourth-order valence-corrected chi connectivity index (χ4v) is 2.21. The predicted molar refractivity (Wildman–Crippen MR) is 66.7 cm³/mol. The van der Waals surface area contributed by atoms with Gasteiger partial charge in [-0.15, -0.1) is 0 Å². The Morgan fingerprint density at radius 2 is 1.94 bits per heavy atom. The van der Waals surface area contributed by atoms with E-state index in [1.54, 1.807) is 0 Å². The average molecular weight is 255 g/mol. The van der Waals surface area contributed by atoms with Gasteiger partial charge in [0.1, 0.15) is 0 Å². The molecular weight excluding hydrogens is 239 g/mol. The van der Waals surface area contributed by atoms with Crippen molar-refractivity contribution >= 4 is 5.71 Å². The Morgan fingerprint density at radius 1 is 1.11 bits per heavy atom. The molecule has 0 N–H and O–H groups in total. The molecule has 1 nitrogen and oxygen atoms in total. The molecule has 0 bridgehead atoms. The number of rotatable bonds is 2. The normalized spacial score (nSPS) is 20.9. The summed E-state index contributed by atoms with van der Waals surface area (Å²) in [7, 11) is 0. The zero-order valence-electron chi connectivity index (χ0n) is 10.1. The molecule has 0 saturated carbocycles. The van der Waals surface area contributed by atoms with Crippen molar-refractivity contribution in [2.45, 2.75) is 38.3 Å². The van der Waals surface area contributed by atoms with Crippen LogP contribution in [0.25, 0.3) is 0 Å². The smallest absolute Gasteiger partial charge is 0.290 e. The summed E-state index contributed by atoms with van der Waals surface area (Å²) in [5, 5.41) is 0. The van der Waals surface area contributed by atoms with Crippen LogP contribution in [-0.4, -0.2) is 18.4 Å². The minimum Gasteiger partial charge on any atom is -0.290 e. The van der Waals surface area contributed by atoms with Crippen LogP contribution in [0.2, 0.25) is 0 Å². The second-order valence-corrected chi connectivity index (χ2v) is 4.59. The number of hydrogen-bond acceptors (Lipinski definition) is 1. The highest BCUT2D eigenvalue weighted by atomic mass is 19.4. The maximum absolute atomic E-state index is 12.6. The van der Waals surface area contributed by atoms with Crippen molar-refractivity contribution in [2.24, 2.45) is 4.99 Å². The van der Waals surface area contributed by atoms with Crippen LogP contribution in [0.4, 0.5) is 13.2 Å². The van der Waals surface area contributed by atoms with Crippen molar-refractivity contribution < 1.29 is 13.2 Å². The van der Waals surface area contributed by atoms with E-state index < -0.39 is 11.7 Å². The summed E-state index contributed by atoms with van der Waals surface area (Å²) in [5.41, 5.74) is 1.37. The first-order valence-corrected chi connectivity index (χ1v) is 6.20. The number of nitrogens with zero attached hydrogens (tertiary/aromatic N) is 1. The number of alkyl halides is 3. The topological polar surface area (TPSA) is 12.4 Å². The van der Waals surface area contributed by atoms with Crippen LogP contribution in [0.15, 0.2) is 40.4 Å². The predicted octanol–water partition coefficient (Wildman–Crippen LogP) is 4.38. The number of hydrogen-bond donors (Lipinski definition) is 0. The monoisotopic (exact) mass is 255 g/mol. The van der Waals surface area contributed by atoms with E-state index in [0.29, 0.717) is 25.8 Å². The third-order valence-corrected chi connectivity index (χ3v) is 3.13. The Kier molecular flexibility index (Phi) is 4.04. The lowest BCUT2D eigenvalue weighted by molar-refractivity contribution is -0.0887. The van der Waals surface area contributed by atoms with Crippen LogP contribution in [0, 0.1) is 0 Å². The second kappa shape index (κ2) is 5.55. The summed E-state index contributed by atoms with van der Waals surface area (Å²) in [6, 6.07) is 0. The van der Waals surface area contributed by atoms with Crippen LogP contribution in [0.3, 0.4) is 0 Å². The summed E-state index contributed by atoms with van der Waals surface area (Å²) in [4.78, 5) is 4.39. The molecule has 0 saturated heterocycles. The van der Waals surface area contributed by atoms with Crippen molar-refractivity contribution in [1.29, 1.82) is 0 Å². The molecule has 0 aromatic carbocycles. The first-order chi connectivity index (χ1) is 8.55. The standard InChI is InChI=1S/C14H16F3N/c15-14(16,17)12-6-4-5-11(9-12)10-13-7-2-1-3-8-18-13/h1,3,6,9H,2,4-5,7-8,10H2. The summed E-state index contributed by atoms with van der Waals surface area (Å²) in [5.74, 6) is 0. The van der Waals surface area contributed by atoms with Gasteiger partial charge >= 0.3 is 6.18 Å². The van der Waals surface area contributed by atoms with Crippen LogP contribution in [0.5, 0.6) is 0 Å². The summed E-state index contributed by atoms with van der Waals surface area (Å²) in [6.45, 7) is 0.657. The Hall–Kier alpha value is -1.32. The maximum atomic E-state index is 12.6. The highest BCUT2D eigenvalue weighted by Crippen LogP contribution is 2.32. The third kappa shape index (κ3) is 3.59. The molecule has 2 rings (SSSR count). The molecule has 0 radical (unpaired) electrons. The van der Waals surface area contributed by atoms with E-state index in [1.807, 2.05) is 6.08 Å². The molecule has 2 aliphatic rings. The fourth-order valence-electron chi connectivity index (χ4n) is 2.21. The minimum atomic E-state index is -4.22. The van der Waals surface area contributed by atoms with Crippen LogP contribution in [0.1, 0.15) is 32.1 Å². The highest BCUT2D eigenvalue weighted by Gasteiger charge is 2.33. The van der Waals surface area contributed by atoms with Gasteiger partial charge in [-0.3, -0.25) is 4.99 Å². The van der Waals surface area contributed by atoms with Crippen molar-refractivity contribution in [3.8, 4) is 0 Å². The second-order valence-electron chi connectivity index (χ2n) is 4.59. The quantitative estimate of drug-likeness (QED) is 0.649. The summed E-state index contributed by atoms with van der Waals surface area (Å²) in [6.07, 6.45) is 6.01. The van der Waals surface area contributed by atoms with E-state index in [4.69, 9.17) is 0 Å². The highest BCUT2D eigenvalue weighted by molar-refractivity contribution is 5.87. The third-order valence-electron chi connectivity index (χ3n) is 3.13. The van der Waals surface area contributed by atoms with Gasteiger partial charge < -0.3 is 0 Å². The number of aliphatic imine (C=N–C) groups is 1. The van der Waals surface area contributed by atoms with Crippen molar-refractivity contribution in [3.63, 3.8) is 0 Å². The molecule has 1 heterocycles. The first kappa shape index (κ1) is 13.1. The van der Waals surface area contributed by atoms with Gasteiger partial charge in [-0.1, -0.05) is 29.9 Å². The molecule has 4 heteroatoms. The van der Waals surface area contributed by atoms with Gasteiger partial charge in [-0.25, -0.2) is 0 Å². The van der Waals surface area contributed by atoms with Crippen molar-refractivity contribution in [1.82, 2.24) is 0 Å². The molecule has 0 amide bonds. The Labute approximate surface area is 105 Å². The molecule has 1 aliphatic carbocycles. The largest absolute Gasteiger partial charge is 0.416 e. The molecule has 0 aromatic rings. The SMILES string of the molecule is FC(F)(F)C1=CCCC(CC2=NCC=CCC2)=C1. The van der Waals surface area contributed by atoms with Crippen molar-refractivity contribution in [2.75, 3.05) is 6.54 Å². The maximum Gasteiger partial charge on any atom is 0.416 e. The Balaban J connectivity index is 2.04. The molecule has 98 valence electrons. The first-order valence-electron chi connectivity index (χ1n) is 6.20. The lowest BCUT2D eigenvalue weighted by Gasteiger charge is -2.16. The molecule has 0 aromatic heterocycles. The Morgan fingerprint density at radius 3 is 2.72 bits per heavy atom. The van der Waals surface area contributed by atoms with Gasteiger partial charge in [-0.05, 0) is 25.7 Å². The van der Waals surface area contributed by atoms with E-state index in [1.165, 1.54) is 12.2 Å². The van der Waals surface area contributed by atoms with E-state index in [-0.39, 0.29) is 0 Å². The zero-order chi connectivity index (χ0) is 13.0. The van der Waals surface area contributed by atoms with E-state index >= 15 is 0 Å². The van der Waals surface area contributed by atoms with Gasteiger partial charge in [0.25, 0.3) is 0 Å². The van der Waals surface area contributed by atoms with Gasteiger partial charge in [0, 0.05) is 12.1 Å². The molecule has 0 atom stereocenters. The summed E-state index contributed by atoms with van der Waals surface area (Å²) >= 11 is 0. The van der Waals surface area contributed by atoms with Gasteiger partial charge in [-0.2, -0.15) is 13.2 Å². The average Bonchev–Trinajstić information content (AvgIpc) is 2.57. The molecular formula is C14H16F3N. The molecule has 1 aliphatic heterocycles. The van der Waals surface area contributed by atoms with Crippen molar-refractivity contribution in [3.05, 3.63) is 35.5 Å². The Bertz CT molecular complexity index is 425. The number of allylic oxidation sites excluding steroid dienone is 5. The molecule has 0 spiro atoms. The van der Waals surface area contributed by atoms with Gasteiger partial charge in [0.2, 0.25) is 0 Å². The van der Waals surface area contributed by atoms with Crippen LogP contribution in [-0.2, 0) is 0 Å². The van der Waals surface area contributed by atoms with E-state index in [0.717, 1.165) is 24.1 Å². The lowest BCUT2D eigenvalue weighted by Crippen LogP contribution is -2.13. The molecule has 0 unspecified atom stereocenters. The van der Waals surface area contributed by atoms with E-state index in [2.05, 4.69) is 11.1 Å². The van der Waals surface area contributed by atoms with Crippen LogP contribution >= 0.6 is 0 Å². The number of halogens is 3.